The third-order valence-electron chi connectivity index (χ3n) is 4.95. The fourth-order valence-electron chi connectivity index (χ4n) is 3.42. The Balaban J connectivity index is 1.57. The van der Waals surface area contributed by atoms with Gasteiger partial charge < -0.3 is 10.2 Å². The van der Waals surface area contributed by atoms with Crippen LogP contribution in [0.2, 0.25) is 10.2 Å². The zero-order chi connectivity index (χ0) is 20.5. The zero-order valence-electron chi connectivity index (χ0n) is 15.5. The fourth-order valence-corrected chi connectivity index (χ4v) is 3.77. The molecule has 29 heavy (non-hydrogen) atoms. The lowest BCUT2D eigenvalue weighted by molar-refractivity contribution is -0.120. The predicted molar refractivity (Wildman–Crippen MR) is 115 cm³/mol. The van der Waals surface area contributed by atoms with Gasteiger partial charge in [-0.05, 0) is 47.0 Å². The molecule has 0 fully saturated rings. The van der Waals surface area contributed by atoms with Crippen molar-refractivity contribution in [2.45, 2.75) is 12.5 Å². The van der Waals surface area contributed by atoms with E-state index in [1.165, 1.54) is 4.90 Å². The maximum absolute atomic E-state index is 12.9. The Morgan fingerprint density at radius 1 is 1.00 bits per heavy atom. The topological polar surface area (TPSA) is 62.3 Å². The summed E-state index contributed by atoms with van der Waals surface area (Å²) in [4.78, 5) is 31.1. The molecule has 3 aromatic rings. The van der Waals surface area contributed by atoms with E-state index in [1.54, 1.807) is 37.5 Å². The number of carbonyl (C=O) groups excluding carboxylic acids is 2. The average Bonchev–Trinajstić information content (AvgIpc) is 2.80. The van der Waals surface area contributed by atoms with E-state index >= 15 is 0 Å². The minimum Gasteiger partial charge on any atom is -0.340 e. The second-order valence-corrected chi connectivity index (χ2v) is 7.68. The van der Waals surface area contributed by atoms with Crippen LogP contribution in [0, 0.1) is 0 Å². The van der Waals surface area contributed by atoms with E-state index in [2.05, 4.69) is 10.3 Å². The van der Waals surface area contributed by atoms with Gasteiger partial charge in [-0.3, -0.25) is 9.59 Å². The van der Waals surface area contributed by atoms with Crippen LogP contribution >= 0.6 is 23.2 Å². The number of fused-ring (bicyclic) bond motifs is 1. The number of amides is 2. The molecular formula is C22H17Cl2N3O2. The summed E-state index contributed by atoms with van der Waals surface area (Å²) in [6.45, 7) is 0. The summed E-state index contributed by atoms with van der Waals surface area (Å²) in [6.07, 6.45) is 2.04. The van der Waals surface area contributed by atoms with Crippen molar-refractivity contribution < 1.29 is 9.59 Å². The van der Waals surface area contributed by atoms with Crippen LogP contribution in [0.4, 0.5) is 5.69 Å². The lowest BCUT2D eigenvalue weighted by atomic mass is 10.0. The Kier molecular flexibility index (Phi) is 5.26. The molecule has 1 atom stereocenters. The van der Waals surface area contributed by atoms with E-state index in [0.29, 0.717) is 27.8 Å². The number of likely N-dealkylation sites (N-methyl/N-ethyl adjacent to an activating group) is 1. The first-order chi connectivity index (χ1) is 13.9. The quantitative estimate of drug-likeness (QED) is 0.633. The highest BCUT2D eigenvalue weighted by Crippen LogP contribution is 2.27. The molecule has 4 rings (SSSR count). The summed E-state index contributed by atoms with van der Waals surface area (Å²) < 4.78 is 0. The van der Waals surface area contributed by atoms with Gasteiger partial charge in [-0.1, -0.05) is 47.5 Å². The summed E-state index contributed by atoms with van der Waals surface area (Å²) >= 11 is 12.0. The van der Waals surface area contributed by atoms with Crippen molar-refractivity contribution in [2.75, 3.05) is 11.9 Å². The predicted octanol–water partition coefficient (Wildman–Crippen LogP) is 4.37. The van der Waals surface area contributed by atoms with Gasteiger partial charge in [-0.2, -0.15) is 0 Å². The van der Waals surface area contributed by atoms with Gasteiger partial charge in [0.2, 0.25) is 5.91 Å². The second kappa shape index (κ2) is 7.85. The van der Waals surface area contributed by atoms with Crippen molar-refractivity contribution in [1.82, 2.24) is 10.3 Å². The highest BCUT2D eigenvalue weighted by Gasteiger charge is 2.31. The van der Waals surface area contributed by atoms with Gasteiger partial charge in [-0.15, -0.1) is 0 Å². The molecule has 0 saturated carbocycles. The van der Waals surface area contributed by atoms with E-state index in [1.807, 2.05) is 30.3 Å². The first-order valence-electron chi connectivity index (χ1n) is 9.01. The second-order valence-electron chi connectivity index (χ2n) is 6.85. The van der Waals surface area contributed by atoms with Crippen LogP contribution in [0.25, 0.3) is 11.1 Å². The Bertz CT molecular complexity index is 1100. The van der Waals surface area contributed by atoms with Gasteiger partial charge in [0.25, 0.3) is 5.91 Å². The fraction of sp³-hybridized carbons (Fsp3) is 0.136. The molecule has 7 heteroatoms. The number of benzene rings is 2. The SMILES string of the molecule is CN1C(=O)C(Cc2ccc(-c3ccnc(Cl)c3)cc2)NC(=O)c2cc(Cl)ccc21. The van der Waals surface area contributed by atoms with E-state index in [4.69, 9.17) is 23.2 Å². The lowest BCUT2D eigenvalue weighted by Gasteiger charge is -2.21. The molecule has 0 spiro atoms. The van der Waals surface area contributed by atoms with Crippen molar-refractivity contribution in [3.8, 4) is 11.1 Å². The number of pyridine rings is 1. The molecule has 146 valence electrons. The maximum atomic E-state index is 12.9. The van der Waals surface area contributed by atoms with E-state index in [9.17, 15) is 9.59 Å². The van der Waals surface area contributed by atoms with Gasteiger partial charge >= 0.3 is 0 Å². The van der Waals surface area contributed by atoms with Crippen molar-refractivity contribution in [2.24, 2.45) is 0 Å². The third-order valence-corrected chi connectivity index (χ3v) is 5.39. The molecule has 5 nitrogen and oxygen atoms in total. The first-order valence-corrected chi connectivity index (χ1v) is 9.77. The van der Waals surface area contributed by atoms with Crippen LogP contribution in [0.1, 0.15) is 15.9 Å². The van der Waals surface area contributed by atoms with Gasteiger partial charge in [0.05, 0.1) is 11.3 Å². The van der Waals surface area contributed by atoms with Crippen LogP contribution in [-0.2, 0) is 11.2 Å². The van der Waals surface area contributed by atoms with Crippen molar-refractivity contribution >= 4 is 40.7 Å². The van der Waals surface area contributed by atoms with Crippen LogP contribution in [-0.4, -0.2) is 29.9 Å². The Hall–Kier alpha value is -2.89. The lowest BCUT2D eigenvalue weighted by Crippen LogP contribution is -2.45. The van der Waals surface area contributed by atoms with E-state index in [0.717, 1.165) is 16.7 Å². The zero-order valence-corrected chi connectivity index (χ0v) is 17.0. The third kappa shape index (κ3) is 3.97. The molecule has 0 bridgehead atoms. The number of rotatable bonds is 3. The van der Waals surface area contributed by atoms with Gasteiger partial charge in [0.15, 0.2) is 0 Å². The molecule has 1 unspecified atom stereocenters. The molecule has 1 N–H and O–H groups in total. The molecule has 0 aliphatic carbocycles. The van der Waals surface area contributed by atoms with Crippen molar-refractivity contribution in [3.05, 3.63) is 82.1 Å². The van der Waals surface area contributed by atoms with Crippen LogP contribution in [0.3, 0.4) is 0 Å². The van der Waals surface area contributed by atoms with Crippen molar-refractivity contribution in [3.63, 3.8) is 0 Å². The number of aromatic nitrogens is 1. The van der Waals surface area contributed by atoms with E-state index < -0.39 is 6.04 Å². The highest BCUT2D eigenvalue weighted by atomic mass is 35.5. The molecule has 1 aromatic heterocycles. The number of hydrogen-bond donors (Lipinski definition) is 1. The molecular weight excluding hydrogens is 409 g/mol. The summed E-state index contributed by atoms with van der Waals surface area (Å²) in [7, 11) is 1.67. The average molecular weight is 426 g/mol. The molecule has 2 heterocycles. The van der Waals surface area contributed by atoms with Crippen molar-refractivity contribution in [1.29, 1.82) is 0 Å². The highest BCUT2D eigenvalue weighted by molar-refractivity contribution is 6.31. The monoisotopic (exact) mass is 425 g/mol. The minimum absolute atomic E-state index is 0.176. The number of carbonyl (C=O) groups is 2. The largest absolute Gasteiger partial charge is 0.340 e. The number of hydrogen-bond acceptors (Lipinski definition) is 3. The summed E-state index contributed by atoms with van der Waals surface area (Å²) in [5.41, 5.74) is 3.82. The standard InChI is InChI=1S/C22H17Cl2N3O2/c1-27-19-7-6-16(23)12-17(19)21(28)26-18(22(27)29)10-13-2-4-14(5-3-13)15-8-9-25-20(24)11-15/h2-9,11-12,18H,10H2,1H3,(H,26,28). The molecule has 2 amide bonds. The summed E-state index contributed by atoms with van der Waals surface area (Å²) in [5, 5.41) is 3.71. The number of nitrogens with one attached hydrogen (secondary N) is 1. The number of nitrogens with zero attached hydrogens (tertiary/aromatic N) is 2. The molecule has 0 saturated heterocycles. The Morgan fingerprint density at radius 3 is 2.48 bits per heavy atom. The normalized spacial score (nSPS) is 16.2. The molecule has 1 aliphatic rings. The summed E-state index contributed by atoms with van der Waals surface area (Å²) in [5.74, 6) is -0.488. The van der Waals surface area contributed by atoms with Gasteiger partial charge in [0.1, 0.15) is 11.2 Å². The Labute approximate surface area is 178 Å². The van der Waals surface area contributed by atoms with E-state index in [-0.39, 0.29) is 11.8 Å². The van der Waals surface area contributed by atoms with Crippen LogP contribution in [0.5, 0.6) is 0 Å². The number of halogens is 2. The molecule has 1 aliphatic heterocycles. The molecule has 2 aromatic carbocycles. The smallest absolute Gasteiger partial charge is 0.254 e. The number of anilines is 1. The molecule has 0 radical (unpaired) electrons. The first kappa shape index (κ1) is 19.4. The van der Waals surface area contributed by atoms with Crippen LogP contribution < -0.4 is 10.2 Å². The maximum Gasteiger partial charge on any atom is 0.254 e. The minimum atomic E-state index is -0.667. The summed E-state index contributed by atoms with van der Waals surface area (Å²) in [6, 6.07) is 15.7. The Morgan fingerprint density at radius 2 is 1.76 bits per heavy atom. The van der Waals surface area contributed by atoms with Gasteiger partial charge in [0, 0.05) is 24.7 Å². The van der Waals surface area contributed by atoms with Crippen LogP contribution in [0.15, 0.2) is 60.8 Å². The van der Waals surface area contributed by atoms with Gasteiger partial charge in [-0.25, -0.2) is 4.98 Å².